The molecule has 0 saturated carbocycles. The van der Waals surface area contributed by atoms with E-state index in [1.807, 2.05) is 37.3 Å². The van der Waals surface area contributed by atoms with Gasteiger partial charge in [0.2, 0.25) is 0 Å². The third kappa shape index (κ3) is 2.94. The second-order valence-corrected chi connectivity index (χ2v) is 4.76. The molecule has 6 heteroatoms. The third-order valence-corrected chi connectivity index (χ3v) is 3.27. The van der Waals surface area contributed by atoms with E-state index in [0.717, 1.165) is 36.0 Å². The largest absolute Gasteiger partial charge is 0.497 e. The molecule has 0 aliphatic rings. The van der Waals surface area contributed by atoms with Gasteiger partial charge in [-0.25, -0.2) is 0 Å². The molecule has 0 amide bonds. The second-order valence-electron chi connectivity index (χ2n) is 4.76. The quantitative estimate of drug-likeness (QED) is 0.777. The highest BCUT2D eigenvalue weighted by molar-refractivity contribution is 5.44. The lowest BCUT2D eigenvalue weighted by atomic mass is 10.1. The summed E-state index contributed by atoms with van der Waals surface area (Å²) in [6.45, 7) is 2.68. The Hall–Kier alpha value is -2.63. The molecule has 0 radical (unpaired) electrons. The van der Waals surface area contributed by atoms with E-state index >= 15 is 0 Å². The minimum atomic E-state index is 0.755. The Morgan fingerprint density at radius 1 is 1.19 bits per heavy atom. The first kappa shape index (κ1) is 13.4. The number of methoxy groups -OCH3 is 1. The standard InChI is InChI=1S/C15H17N5O/c1-11-17-18-15-7-6-14(19-20(11)15)16-9-8-12-4-3-5-13(10-12)21-2/h3-7,10H,8-9H2,1-2H3,(H,16,19). The van der Waals surface area contributed by atoms with Gasteiger partial charge in [-0.1, -0.05) is 12.1 Å². The lowest BCUT2D eigenvalue weighted by Gasteiger charge is -2.07. The summed E-state index contributed by atoms with van der Waals surface area (Å²) in [7, 11) is 1.68. The molecular formula is C15H17N5O. The summed E-state index contributed by atoms with van der Waals surface area (Å²) in [5.74, 6) is 2.47. The van der Waals surface area contributed by atoms with Crippen molar-refractivity contribution in [3.05, 3.63) is 47.8 Å². The van der Waals surface area contributed by atoms with Gasteiger partial charge in [-0.3, -0.25) is 0 Å². The molecule has 0 saturated heterocycles. The molecule has 2 aromatic heterocycles. The van der Waals surface area contributed by atoms with Crippen LogP contribution in [-0.2, 0) is 6.42 Å². The number of aromatic nitrogens is 4. The minimum absolute atomic E-state index is 0.755. The van der Waals surface area contributed by atoms with E-state index in [-0.39, 0.29) is 0 Å². The van der Waals surface area contributed by atoms with Crippen molar-refractivity contribution in [1.29, 1.82) is 0 Å². The zero-order chi connectivity index (χ0) is 14.7. The molecule has 0 aliphatic carbocycles. The first-order chi connectivity index (χ1) is 10.3. The number of hydrogen-bond donors (Lipinski definition) is 1. The number of anilines is 1. The summed E-state index contributed by atoms with van der Waals surface area (Å²) >= 11 is 0. The van der Waals surface area contributed by atoms with Crippen LogP contribution >= 0.6 is 0 Å². The van der Waals surface area contributed by atoms with Crippen LogP contribution in [0.2, 0.25) is 0 Å². The maximum absolute atomic E-state index is 5.22. The lowest BCUT2D eigenvalue weighted by molar-refractivity contribution is 0.414. The van der Waals surface area contributed by atoms with Gasteiger partial charge in [0.1, 0.15) is 11.6 Å². The number of aryl methyl sites for hydroxylation is 1. The van der Waals surface area contributed by atoms with Crippen LogP contribution in [0, 0.1) is 6.92 Å². The van der Waals surface area contributed by atoms with E-state index in [9.17, 15) is 0 Å². The van der Waals surface area contributed by atoms with Crippen LogP contribution in [-0.4, -0.2) is 33.5 Å². The van der Waals surface area contributed by atoms with Gasteiger partial charge in [0.15, 0.2) is 11.5 Å². The van der Waals surface area contributed by atoms with Crippen molar-refractivity contribution in [3.8, 4) is 5.75 Å². The van der Waals surface area contributed by atoms with Gasteiger partial charge >= 0.3 is 0 Å². The Balaban J connectivity index is 1.64. The van der Waals surface area contributed by atoms with Gasteiger partial charge in [-0.15, -0.1) is 15.3 Å². The zero-order valence-corrected chi connectivity index (χ0v) is 12.1. The van der Waals surface area contributed by atoms with E-state index < -0.39 is 0 Å². The lowest BCUT2D eigenvalue weighted by Crippen LogP contribution is -2.08. The van der Waals surface area contributed by atoms with Crippen molar-refractivity contribution >= 4 is 11.5 Å². The average molecular weight is 283 g/mol. The average Bonchev–Trinajstić information content (AvgIpc) is 2.89. The van der Waals surface area contributed by atoms with E-state index in [1.165, 1.54) is 5.56 Å². The van der Waals surface area contributed by atoms with Crippen molar-refractivity contribution < 1.29 is 4.74 Å². The minimum Gasteiger partial charge on any atom is -0.497 e. The summed E-state index contributed by atoms with van der Waals surface area (Å²) < 4.78 is 6.95. The van der Waals surface area contributed by atoms with Crippen molar-refractivity contribution in [2.45, 2.75) is 13.3 Å². The fourth-order valence-electron chi connectivity index (χ4n) is 2.15. The number of rotatable bonds is 5. The third-order valence-electron chi connectivity index (χ3n) is 3.27. The molecule has 0 atom stereocenters. The summed E-state index contributed by atoms with van der Waals surface area (Å²) in [5.41, 5.74) is 1.98. The predicted molar refractivity (Wildman–Crippen MR) is 80.7 cm³/mol. The fraction of sp³-hybridized carbons (Fsp3) is 0.267. The Morgan fingerprint density at radius 3 is 2.95 bits per heavy atom. The maximum Gasteiger partial charge on any atom is 0.178 e. The Bertz CT molecular complexity index is 753. The van der Waals surface area contributed by atoms with Gasteiger partial charge in [-0.2, -0.15) is 4.52 Å². The normalized spacial score (nSPS) is 10.8. The maximum atomic E-state index is 5.22. The van der Waals surface area contributed by atoms with Crippen molar-refractivity contribution in [1.82, 2.24) is 19.8 Å². The van der Waals surface area contributed by atoms with Crippen LogP contribution in [0.1, 0.15) is 11.4 Å². The van der Waals surface area contributed by atoms with Gasteiger partial charge in [0.25, 0.3) is 0 Å². The highest BCUT2D eigenvalue weighted by Gasteiger charge is 2.03. The van der Waals surface area contributed by atoms with Gasteiger partial charge in [0.05, 0.1) is 7.11 Å². The number of fused-ring (bicyclic) bond motifs is 1. The molecule has 0 unspecified atom stereocenters. The summed E-state index contributed by atoms with van der Waals surface area (Å²) in [6, 6.07) is 11.9. The van der Waals surface area contributed by atoms with Crippen molar-refractivity contribution in [2.75, 3.05) is 19.0 Å². The number of benzene rings is 1. The molecule has 3 aromatic rings. The molecule has 0 aliphatic heterocycles. The van der Waals surface area contributed by atoms with Gasteiger partial charge < -0.3 is 10.1 Å². The molecular weight excluding hydrogens is 266 g/mol. The molecule has 0 spiro atoms. The zero-order valence-electron chi connectivity index (χ0n) is 12.1. The van der Waals surface area contributed by atoms with Gasteiger partial charge in [-0.05, 0) is 43.2 Å². The molecule has 108 valence electrons. The van der Waals surface area contributed by atoms with Gasteiger partial charge in [0, 0.05) is 6.54 Å². The molecule has 21 heavy (non-hydrogen) atoms. The smallest absolute Gasteiger partial charge is 0.178 e. The Morgan fingerprint density at radius 2 is 2.10 bits per heavy atom. The van der Waals surface area contributed by atoms with E-state index in [1.54, 1.807) is 11.6 Å². The first-order valence-electron chi connectivity index (χ1n) is 6.82. The summed E-state index contributed by atoms with van der Waals surface area (Å²) in [4.78, 5) is 0. The molecule has 1 N–H and O–H groups in total. The number of nitrogens with zero attached hydrogens (tertiary/aromatic N) is 4. The van der Waals surface area contributed by atoms with Crippen LogP contribution in [0.25, 0.3) is 5.65 Å². The number of ether oxygens (including phenoxy) is 1. The Kier molecular flexibility index (Phi) is 3.68. The molecule has 3 rings (SSSR count). The summed E-state index contributed by atoms with van der Waals surface area (Å²) in [6.07, 6.45) is 0.901. The van der Waals surface area contributed by atoms with E-state index in [2.05, 4.69) is 26.7 Å². The highest BCUT2D eigenvalue weighted by Crippen LogP contribution is 2.13. The molecule has 6 nitrogen and oxygen atoms in total. The molecule has 0 fully saturated rings. The van der Waals surface area contributed by atoms with Crippen molar-refractivity contribution in [3.63, 3.8) is 0 Å². The molecule has 1 aromatic carbocycles. The number of hydrogen-bond acceptors (Lipinski definition) is 5. The topological polar surface area (TPSA) is 64.3 Å². The predicted octanol–water partition coefficient (Wildman–Crippen LogP) is 2.10. The monoisotopic (exact) mass is 283 g/mol. The molecule has 2 heterocycles. The molecule has 0 bridgehead atoms. The first-order valence-corrected chi connectivity index (χ1v) is 6.82. The van der Waals surface area contributed by atoms with Crippen molar-refractivity contribution in [2.24, 2.45) is 0 Å². The highest BCUT2D eigenvalue weighted by atomic mass is 16.5. The Labute approximate surface area is 122 Å². The van der Waals surface area contributed by atoms with Crippen LogP contribution in [0.15, 0.2) is 36.4 Å². The second kappa shape index (κ2) is 5.78. The van der Waals surface area contributed by atoms with Crippen LogP contribution < -0.4 is 10.1 Å². The van der Waals surface area contributed by atoms with E-state index in [4.69, 9.17) is 4.74 Å². The van der Waals surface area contributed by atoms with Crippen LogP contribution in [0.5, 0.6) is 5.75 Å². The number of nitrogens with one attached hydrogen (secondary N) is 1. The summed E-state index contributed by atoms with van der Waals surface area (Å²) in [5, 5.41) is 15.8. The van der Waals surface area contributed by atoms with Crippen LogP contribution in [0.4, 0.5) is 5.82 Å². The van der Waals surface area contributed by atoms with Crippen LogP contribution in [0.3, 0.4) is 0 Å². The fourth-order valence-corrected chi connectivity index (χ4v) is 2.15. The SMILES string of the molecule is COc1cccc(CCNc2ccc3nnc(C)n3n2)c1. The van der Waals surface area contributed by atoms with E-state index in [0.29, 0.717) is 0 Å².